The third-order valence-electron chi connectivity index (χ3n) is 16.2. The Morgan fingerprint density at radius 3 is 1.70 bits per heavy atom. The number of Topliss-reactive ketones (excluding diaryl/α,β-unsaturated/α-hetero) is 1. The molecule has 0 radical (unpaired) electrons. The van der Waals surface area contributed by atoms with Crippen LogP contribution in [0.3, 0.4) is 0 Å². The lowest BCUT2D eigenvalue weighted by Gasteiger charge is -2.45. The van der Waals surface area contributed by atoms with E-state index in [9.17, 15) is 123 Å². The van der Waals surface area contributed by atoms with E-state index in [4.69, 9.17) is 38.8 Å². The lowest BCUT2D eigenvalue weighted by atomic mass is 9.80. The largest absolute Gasteiger partial charge is 0.394 e. The number of hydrogen-bond acceptors (Lipinski definition) is 36. The van der Waals surface area contributed by atoms with Crippen molar-refractivity contribution in [3.63, 3.8) is 0 Å². The summed E-state index contributed by atoms with van der Waals surface area (Å²) >= 11 is 0. The van der Waals surface area contributed by atoms with Crippen LogP contribution in [0.2, 0.25) is 0 Å². The molecule has 638 valence electrons. The highest BCUT2D eigenvalue weighted by Crippen LogP contribution is 2.38. The molecule has 1 aromatic rings. The number of carbonyl (C=O) groups excluding carboxylic acids is 11. The quantitative estimate of drug-likeness (QED) is 0.0165. The zero-order chi connectivity index (χ0) is 85.4. The molecule has 4 heterocycles. The number of ketones is 1. The van der Waals surface area contributed by atoms with Gasteiger partial charge in [0.2, 0.25) is 31.0 Å². The molecule has 110 heavy (non-hydrogen) atoms. The molecule has 22 N–H and O–H groups in total. The molecule has 3 saturated heterocycles. The molecule has 25 atom stereocenters. The number of nitrogens with one attached hydrogen (secondary N) is 4. The van der Waals surface area contributed by atoms with E-state index in [2.05, 4.69) is 59.4 Å². The van der Waals surface area contributed by atoms with E-state index < -0.39 is 188 Å². The van der Waals surface area contributed by atoms with E-state index in [1.165, 1.54) is 13.8 Å². The van der Waals surface area contributed by atoms with Crippen LogP contribution in [0.25, 0.3) is 0 Å². The van der Waals surface area contributed by atoms with Gasteiger partial charge in [-0.15, -0.1) is 5.10 Å². The predicted octanol–water partition coefficient (Wildman–Crippen LogP) is -7.85. The Labute approximate surface area is 637 Å². The number of aryl methyl sites for hydroxylation is 1. The number of aliphatic hydroxyl groups excluding tert-OH is 12. The second-order valence-corrected chi connectivity index (χ2v) is 30.2. The van der Waals surface area contributed by atoms with Gasteiger partial charge in [0, 0.05) is 125 Å². The van der Waals surface area contributed by atoms with Crippen LogP contribution in [0, 0.1) is 41.4 Å². The second kappa shape index (κ2) is 52.5. The van der Waals surface area contributed by atoms with Gasteiger partial charge in [-0.25, -0.2) is 4.21 Å². The molecule has 0 bridgehead atoms. The van der Waals surface area contributed by atoms with Crippen molar-refractivity contribution in [2.45, 2.75) is 236 Å². The standard InChI is InChI=1S/C16H28N2O8.C15H26O8.C10H18O7.C9H15N3O.C8H16NO6P.C8H15NO5S/c1-4-10(21)13(23)14-12(18-9(3)20)11(22)5-16(25,26-14)15(24)17-6-8(2)7-19;1-8(6-16)3-9(18)4-10-11(19)5-15(2,22)23-14(10)13(21)12(20)7-17;1-5-6(13)2-10(16,4-12)17-9(5)8(15)7(14)3-11;1-3-4-12-6-9(10-11-12)5-8(2)7-13;1-6(4-10)3-9-8(12)7(11)5-15-16(2,13)14;1-7(6-10)5-9-8(11)3-4-14-15(2,12)13/h7-8,10-14,21-23,25H,4-6H2,1-3H3,(H,17,24)(H,18,20);6,8,10-14,17,19-22H,3-5,7H2,1-2H3;4-9,11,13-16H,2-3H2,1H3;6-8H,3-5H2,1-2H3;4,6-7,11,13-14H,2-3,5H2,1H3,(H,9,12);6-7H,2-5H2,1H3,(H,9,11)(H,12,13). The van der Waals surface area contributed by atoms with E-state index in [1.807, 2.05) is 17.8 Å². The highest BCUT2D eigenvalue weighted by molar-refractivity contribution is 7.90. The Kier molecular flexibility index (Phi) is 50.7. The molecule has 0 saturated carbocycles. The van der Waals surface area contributed by atoms with Crippen LogP contribution in [0.1, 0.15) is 126 Å². The van der Waals surface area contributed by atoms with Gasteiger partial charge in [0.25, 0.3) is 11.8 Å². The fraction of sp³-hybridized carbons (Fsp3) is 0.773. The first-order chi connectivity index (χ1) is 50.9. The van der Waals surface area contributed by atoms with Crippen LogP contribution in [-0.2, 0) is 98.7 Å². The van der Waals surface area contributed by atoms with Crippen molar-refractivity contribution in [2.24, 2.45) is 41.4 Å². The molecule has 0 spiro atoms. The summed E-state index contributed by atoms with van der Waals surface area (Å²) in [5.41, 5.74) is 0.896. The lowest BCUT2D eigenvalue weighted by Crippen LogP contribution is -2.68. The van der Waals surface area contributed by atoms with Crippen LogP contribution >= 0.6 is 7.57 Å². The van der Waals surface area contributed by atoms with Crippen molar-refractivity contribution in [1.82, 2.24) is 36.3 Å². The van der Waals surface area contributed by atoms with Crippen molar-refractivity contribution in [2.75, 3.05) is 46.1 Å². The summed E-state index contributed by atoms with van der Waals surface area (Å²) in [5.74, 6) is -9.42. The monoisotopic (exact) mass is 1630 g/mol. The first kappa shape index (κ1) is 106. The average molecular weight is 1630 g/mol. The van der Waals surface area contributed by atoms with Gasteiger partial charge in [0.05, 0.1) is 81.2 Å². The number of ether oxygens (including phenoxy) is 3. The third-order valence-corrected chi connectivity index (χ3v) is 17.3. The van der Waals surface area contributed by atoms with E-state index in [0.717, 1.165) is 31.2 Å². The molecule has 0 aliphatic carbocycles. The topological polar surface area (TPSA) is 694 Å². The van der Waals surface area contributed by atoms with Gasteiger partial charge >= 0.3 is 0 Å². The van der Waals surface area contributed by atoms with Gasteiger partial charge in [0.1, 0.15) is 73.8 Å². The average Bonchev–Trinajstić information content (AvgIpc) is 0.869. The number of nitrogens with zero attached hydrogens (tertiary/aromatic N) is 3. The summed E-state index contributed by atoms with van der Waals surface area (Å²) in [7, 11) is -7.19. The van der Waals surface area contributed by atoms with Crippen molar-refractivity contribution in [3.8, 4) is 0 Å². The molecule has 0 aromatic carbocycles. The summed E-state index contributed by atoms with van der Waals surface area (Å²) < 4.78 is 45.4. The van der Waals surface area contributed by atoms with Crippen molar-refractivity contribution in [3.05, 3.63) is 11.9 Å². The molecule has 3 fully saturated rings. The minimum absolute atomic E-state index is 0.00547. The minimum atomic E-state index is -3.70. The Balaban J connectivity index is 0. The van der Waals surface area contributed by atoms with Crippen molar-refractivity contribution < 1.29 is 171 Å². The van der Waals surface area contributed by atoms with E-state index in [-0.39, 0.29) is 100 Å². The molecule has 4 rings (SSSR count). The Morgan fingerprint density at radius 2 is 1.23 bits per heavy atom. The number of hydrogen-bond donors (Lipinski definition) is 22. The zero-order valence-electron chi connectivity index (χ0n) is 63.3. The maximum Gasteiger partial charge on any atom is 0.280 e. The highest BCUT2D eigenvalue weighted by Gasteiger charge is 2.54. The smallest absolute Gasteiger partial charge is 0.280 e. The summed E-state index contributed by atoms with van der Waals surface area (Å²) in [4.78, 5) is 138. The zero-order valence-corrected chi connectivity index (χ0v) is 65.0. The van der Waals surface area contributed by atoms with Gasteiger partial charge in [0.15, 0.2) is 28.3 Å². The highest BCUT2D eigenvalue weighted by atomic mass is 32.2. The van der Waals surface area contributed by atoms with Crippen LogP contribution in [-0.4, -0.2) is 338 Å². The molecular formula is C66H118N7O35PS. The Bertz CT molecular complexity index is 3100. The normalized spacial score (nSPS) is 27.4. The summed E-state index contributed by atoms with van der Waals surface area (Å²) in [6.07, 6.45) is -8.67. The van der Waals surface area contributed by atoms with Gasteiger partial charge in [-0.2, -0.15) is 0 Å². The minimum Gasteiger partial charge on any atom is -0.394 e. The van der Waals surface area contributed by atoms with Crippen LogP contribution in [0.5, 0.6) is 0 Å². The van der Waals surface area contributed by atoms with Crippen molar-refractivity contribution in [1.29, 1.82) is 0 Å². The summed E-state index contributed by atoms with van der Waals surface area (Å²) in [6, 6.07) is -1.13. The molecule has 3 aliphatic rings. The van der Waals surface area contributed by atoms with E-state index in [1.54, 1.807) is 41.5 Å². The van der Waals surface area contributed by atoms with E-state index >= 15 is 0 Å². The van der Waals surface area contributed by atoms with Gasteiger partial charge in [-0.1, -0.05) is 60.6 Å². The number of amides is 4. The van der Waals surface area contributed by atoms with Gasteiger partial charge in [-0.3, -0.25) is 42.2 Å². The number of aliphatic hydroxyl groups is 15. The molecule has 42 nitrogen and oxygen atoms in total. The summed E-state index contributed by atoms with van der Waals surface area (Å²) in [5, 5.41) is 163. The maximum atomic E-state index is 12.3. The molecule has 3 aliphatic heterocycles. The Morgan fingerprint density at radius 1 is 0.718 bits per heavy atom. The number of aldehydes is 6. The molecule has 25 unspecified atom stereocenters. The van der Waals surface area contributed by atoms with E-state index in [0.29, 0.717) is 25.3 Å². The van der Waals surface area contributed by atoms with Crippen LogP contribution < -0.4 is 21.3 Å². The fourth-order valence-electron chi connectivity index (χ4n) is 9.96. The number of carbonyl (C=O) groups is 11. The lowest BCUT2D eigenvalue weighted by molar-refractivity contribution is -0.303. The predicted molar refractivity (Wildman–Crippen MR) is 386 cm³/mol. The van der Waals surface area contributed by atoms with Gasteiger partial charge in [-0.05, 0) is 26.1 Å². The maximum absolute atomic E-state index is 12.3. The molecule has 44 heteroatoms. The number of rotatable bonds is 39. The second-order valence-electron chi connectivity index (χ2n) is 27.3. The first-order valence-electron chi connectivity index (χ1n) is 34.9. The SMILES string of the molecule is C=P(O)(O)OCC(O)C(=O)NCC(C)C=O.C=S(=O)(O)OCCC(=O)NCC(C)C=O.CC(C=O)CC(=O)CC1C(O)CC(C)(O)OC1C(O)C(O)CO.CC1C(O)CC(O)(C=O)OC1C(O)C(O)CO.CCC(O)C(O)C1OC(O)(C(=O)NCC(C)C=O)CC(O)C1NC(C)=O.CCCn1cc(CC(C)C=O)nn1. The Hall–Kier alpha value is -5.89. The van der Waals surface area contributed by atoms with Crippen molar-refractivity contribution >= 4 is 96.9 Å². The third kappa shape index (κ3) is 42.3. The fourth-order valence-corrected chi connectivity index (χ4v) is 10.7. The molecular weight excluding hydrogens is 1510 g/mol. The van der Waals surface area contributed by atoms with Crippen LogP contribution in [0.4, 0.5) is 0 Å². The molecule has 4 amide bonds. The first-order valence-corrected chi connectivity index (χ1v) is 38.3. The molecule has 1 aromatic heterocycles. The summed E-state index contributed by atoms with van der Waals surface area (Å²) in [6.45, 7) is 15.1. The van der Waals surface area contributed by atoms with Crippen LogP contribution in [0.15, 0.2) is 6.20 Å². The number of aromatic nitrogens is 3. The van der Waals surface area contributed by atoms with Gasteiger partial charge < -0.3 is 150 Å².